The van der Waals surface area contributed by atoms with Crippen LogP contribution in [-0.2, 0) is 17.8 Å². The van der Waals surface area contributed by atoms with Crippen molar-refractivity contribution in [2.24, 2.45) is 0 Å². The molecule has 31 heavy (non-hydrogen) atoms. The molecular weight excluding hydrogens is 418 g/mol. The summed E-state index contributed by atoms with van der Waals surface area (Å²) in [4.78, 5) is 22.6. The molecule has 1 amide bonds. The van der Waals surface area contributed by atoms with E-state index < -0.39 is 4.92 Å². The van der Waals surface area contributed by atoms with Gasteiger partial charge < -0.3 is 9.88 Å². The maximum absolute atomic E-state index is 12.2. The lowest BCUT2D eigenvalue weighted by Crippen LogP contribution is -2.07. The predicted octanol–water partition coefficient (Wildman–Crippen LogP) is 4.89. The molecule has 0 bridgehead atoms. The molecule has 0 saturated carbocycles. The highest BCUT2D eigenvalue weighted by Crippen LogP contribution is 2.26. The van der Waals surface area contributed by atoms with Crippen LogP contribution in [0.15, 0.2) is 48.5 Å². The molecule has 1 aromatic heterocycles. The molecule has 2 heterocycles. The summed E-state index contributed by atoms with van der Waals surface area (Å²) in [6.07, 6.45) is 7.22. The Balaban J connectivity index is 1.43. The van der Waals surface area contributed by atoms with Gasteiger partial charge in [0.2, 0.25) is 5.91 Å². The van der Waals surface area contributed by atoms with Gasteiger partial charge in [0.15, 0.2) is 5.82 Å². The standard InChI is InChI=1S/C22H20ClN5O3/c23-18-11-5-15(14-19(18)28(30)31)6-12-21(29)24-17-9-7-16(8-10-17)22-26-25-20-4-2-1-3-13-27(20)22/h5-12,14H,1-4,13H2,(H,24,29)/b12-6+. The molecule has 0 unspecified atom stereocenters. The van der Waals surface area contributed by atoms with Crippen LogP contribution in [0.4, 0.5) is 11.4 Å². The van der Waals surface area contributed by atoms with Crippen LogP contribution in [0.2, 0.25) is 5.02 Å². The fourth-order valence-corrected chi connectivity index (χ4v) is 3.72. The van der Waals surface area contributed by atoms with Crippen molar-refractivity contribution in [1.82, 2.24) is 14.8 Å². The molecule has 4 rings (SSSR count). The zero-order chi connectivity index (χ0) is 21.8. The Bertz CT molecular complexity index is 1150. The molecule has 1 aliphatic rings. The number of hydrogen-bond donors (Lipinski definition) is 1. The van der Waals surface area contributed by atoms with E-state index in [0.717, 1.165) is 43.0 Å². The molecular formula is C22H20ClN5O3. The Morgan fingerprint density at radius 1 is 1.13 bits per heavy atom. The van der Waals surface area contributed by atoms with Crippen LogP contribution in [0.5, 0.6) is 0 Å². The fourth-order valence-electron chi connectivity index (χ4n) is 3.53. The number of nitro benzene ring substituents is 1. The number of carbonyl (C=O) groups is 1. The molecule has 8 nitrogen and oxygen atoms in total. The normalized spacial score (nSPS) is 13.6. The SMILES string of the molecule is O=C(/C=C/c1ccc(Cl)c([N+](=O)[O-])c1)Nc1ccc(-c2nnc3n2CCCCC3)cc1. The lowest BCUT2D eigenvalue weighted by atomic mass is 10.1. The number of fused-ring (bicyclic) bond motifs is 1. The van der Waals surface area contributed by atoms with E-state index in [1.54, 1.807) is 6.07 Å². The third-order valence-corrected chi connectivity index (χ3v) is 5.43. The lowest BCUT2D eigenvalue weighted by Gasteiger charge is -2.08. The Labute approximate surface area is 183 Å². The van der Waals surface area contributed by atoms with Gasteiger partial charge in [-0.1, -0.05) is 24.1 Å². The van der Waals surface area contributed by atoms with Gasteiger partial charge in [0, 0.05) is 36.4 Å². The molecule has 3 aromatic rings. The van der Waals surface area contributed by atoms with Crippen LogP contribution < -0.4 is 5.32 Å². The number of nitro groups is 1. The van der Waals surface area contributed by atoms with Gasteiger partial charge in [-0.3, -0.25) is 14.9 Å². The second-order valence-electron chi connectivity index (χ2n) is 7.27. The molecule has 1 N–H and O–H groups in total. The molecule has 9 heteroatoms. The molecule has 0 fully saturated rings. The first kappa shape index (κ1) is 20.7. The van der Waals surface area contributed by atoms with Crippen molar-refractivity contribution >= 4 is 35.0 Å². The molecule has 0 aliphatic carbocycles. The summed E-state index contributed by atoms with van der Waals surface area (Å²) in [5.74, 6) is 1.53. The van der Waals surface area contributed by atoms with E-state index in [9.17, 15) is 14.9 Å². The van der Waals surface area contributed by atoms with Crippen LogP contribution in [0.25, 0.3) is 17.5 Å². The minimum absolute atomic E-state index is 0.0521. The number of nitrogens with zero attached hydrogens (tertiary/aromatic N) is 4. The third kappa shape index (κ3) is 4.80. The Hall–Kier alpha value is -3.52. The van der Waals surface area contributed by atoms with Crippen molar-refractivity contribution in [3.05, 3.63) is 75.1 Å². The summed E-state index contributed by atoms with van der Waals surface area (Å²) in [5, 5.41) is 22.5. The van der Waals surface area contributed by atoms with E-state index in [-0.39, 0.29) is 16.6 Å². The number of aryl methyl sites for hydroxylation is 1. The zero-order valence-electron chi connectivity index (χ0n) is 16.6. The van der Waals surface area contributed by atoms with Crippen LogP contribution >= 0.6 is 11.6 Å². The van der Waals surface area contributed by atoms with Crippen LogP contribution in [-0.4, -0.2) is 25.6 Å². The van der Waals surface area contributed by atoms with Gasteiger partial charge >= 0.3 is 0 Å². The highest BCUT2D eigenvalue weighted by atomic mass is 35.5. The van der Waals surface area contributed by atoms with E-state index in [1.165, 1.54) is 30.7 Å². The number of aromatic nitrogens is 3. The number of amides is 1. The topological polar surface area (TPSA) is 103 Å². The molecule has 0 atom stereocenters. The quantitative estimate of drug-likeness (QED) is 0.348. The molecule has 0 saturated heterocycles. The fraction of sp³-hybridized carbons (Fsp3) is 0.227. The van der Waals surface area contributed by atoms with Gasteiger partial charge in [-0.25, -0.2) is 0 Å². The minimum atomic E-state index is -0.560. The maximum Gasteiger partial charge on any atom is 0.288 e. The number of rotatable bonds is 5. The monoisotopic (exact) mass is 437 g/mol. The number of hydrogen-bond acceptors (Lipinski definition) is 5. The zero-order valence-corrected chi connectivity index (χ0v) is 17.4. The highest BCUT2D eigenvalue weighted by molar-refractivity contribution is 6.32. The van der Waals surface area contributed by atoms with Gasteiger partial charge in [-0.15, -0.1) is 10.2 Å². The first-order chi connectivity index (χ1) is 15.0. The van der Waals surface area contributed by atoms with Crippen molar-refractivity contribution in [2.75, 3.05) is 5.32 Å². The van der Waals surface area contributed by atoms with Crippen LogP contribution in [0.1, 0.15) is 30.7 Å². The van der Waals surface area contributed by atoms with Gasteiger partial charge in [0.05, 0.1) is 4.92 Å². The van der Waals surface area contributed by atoms with Crippen molar-refractivity contribution in [3.8, 4) is 11.4 Å². The third-order valence-electron chi connectivity index (χ3n) is 5.11. The largest absolute Gasteiger partial charge is 0.323 e. The Morgan fingerprint density at radius 3 is 2.71 bits per heavy atom. The summed E-state index contributed by atoms with van der Waals surface area (Å²) in [6, 6.07) is 11.8. The van der Waals surface area contributed by atoms with Gasteiger partial charge in [0.25, 0.3) is 5.69 Å². The number of benzene rings is 2. The average molecular weight is 438 g/mol. The van der Waals surface area contributed by atoms with Gasteiger partial charge in [-0.2, -0.15) is 0 Å². The van der Waals surface area contributed by atoms with Crippen LogP contribution in [0.3, 0.4) is 0 Å². The van der Waals surface area contributed by atoms with Crippen molar-refractivity contribution in [2.45, 2.75) is 32.2 Å². The van der Waals surface area contributed by atoms with Gasteiger partial charge in [-0.05, 0) is 54.8 Å². The summed E-state index contributed by atoms with van der Waals surface area (Å²) < 4.78 is 2.18. The van der Waals surface area contributed by atoms with E-state index in [2.05, 4.69) is 20.1 Å². The maximum atomic E-state index is 12.2. The Morgan fingerprint density at radius 2 is 1.94 bits per heavy atom. The minimum Gasteiger partial charge on any atom is -0.323 e. The highest BCUT2D eigenvalue weighted by Gasteiger charge is 2.16. The lowest BCUT2D eigenvalue weighted by molar-refractivity contribution is -0.384. The number of anilines is 1. The molecule has 1 aliphatic heterocycles. The Kier molecular flexibility index (Phi) is 6.08. The smallest absolute Gasteiger partial charge is 0.288 e. The van der Waals surface area contributed by atoms with Gasteiger partial charge in [0.1, 0.15) is 10.8 Å². The second-order valence-corrected chi connectivity index (χ2v) is 7.68. The van der Waals surface area contributed by atoms with Crippen LogP contribution in [0, 0.1) is 10.1 Å². The average Bonchev–Trinajstić information content (AvgIpc) is 3.01. The molecule has 158 valence electrons. The number of nitrogens with one attached hydrogen (secondary N) is 1. The van der Waals surface area contributed by atoms with Crippen molar-refractivity contribution in [1.29, 1.82) is 0 Å². The number of halogens is 1. The van der Waals surface area contributed by atoms with Crippen molar-refractivity contribution in [3.63, 3.8) is 0 Å². The summed E-state index contributed by atoms with van der Waals surface area (Å²) in [7, 11) is 0. The molecule has 2 aromatic carbocycles. The summed E-state index contributed by atoms with van der Waals surface area (Å²) >= 11 is 5.80. The van der Waals surface area contributed by atoms with Crippen molar-refractivity contribution < 1.29 is 9.72 Å². The molecule has 0 spiro atoms. The second kappa shape index (κ2) is 9.09. The molecule has 0 radical (unpaired) electrons. The first-order valence-corrected chi connectivity index (χ1v) is 10.3. The summed E-state index contributed by atoms with van der Waals surface area (Å²) in [5.41, 5.74) is 1.89. The van der Waals surface area contributed by atoms with E-state index in [0.29, 0.717) is 11.3 Å². The number of carbonyl (C=O) groups excluding carboxylic acids is 1. The first-order valence-electron chi connectivity index (χ1n) is 9.97. The predicted molar refractivity (Wildman–Crippen MR) is 119 cm³/mol. The van der Waals surface area contributed by atoms with E-state index >= 15 is 0 Å². The van der Waals surface area contributed by atoms with E-state index in [1.807, 2.05) is 24.3 Å². The van der Waals surface area contributed by atoms with E-state index in [4.69, 9.17) is 11.6 Å². The summed E-state index contributed by atoms with van der Waals surface area (Å²) in [6.45, 7) is 0.920.